The van der Waals surface area contributed by atoms with Gasteiger partial charge in [-0.15, -0.1) is 0 Å². The van der Waals surface area contributed by atoms with E-state index in [2.05, 4.69) is 15.9 Å². The number of sulfone groups is 1. The van der Waals surface area contributed by atoms with Crippen LogP contribution in [0.15, 0.2) is 45.8 Å². The molecule has 2 aromatic rings. The molecule has 0 saturated heterocycles. The van der Waals surface area contributed by atoms with Crippen molar-refractivity contribution in [3.8, 4) is 11.5 Å². The minimum absolute atomic E-state index is 0.0934. The van der Waals surface area contributed by atoms with E-state index in [0.717, 1.165) is 11.6 Å². The highest BCUT2D eigenvalue weighted by molar-refractivity contribution is 9.10. The van der Waals surface area contributed by atoms with E-state index in [1.807, 2.05) is 0 Å². The maximum atomic E-state index is 13.7. The third kappa shape index (κ3) is 2.71. The Morgan fingerprint density at radius 2 is 1.76 bits per heavy atom. The Morgan fingerprint density at radius 3 is 2.36 bits per heavy atom. The summed E-state index contributed by atoms with van der Waals surface area (Å²) in [7, 11) is -3.49. The van der Waals surface area contributed by atoms with Crippen LogP contribution in [0.4, 0.5) is 8.78 Å². The van der Waals surface area contributed by atoms with Gasteiger partial charge in [-0.1, -0.05) is 12.1 Å². The Balaban J connectivity index is 1.91. The second-order valence-corrected chi connectivity index (χ2v) is 7.99. The van der Waals surface area contributed by atoms with Crippen LogP contribution in [0.1, 0.15) is 15.9 Å². The number of ether oxygens (including phenoxy) is 2. The third-order valence-corrected chi connectivity index (χ3v) is 6.31. The zero-order valence-electron chi connectivity index (χ0n) is 12.8. The summed E-state index contributed by atoms with van der Waals surface area (Å²) < 4.78 is 61.5. The average molecular weight is 433 g/mol. The molecule has 0 aromatic heterocycles. The quantitative estimate of drug-likeness (QED) is 0.737. The molecule has 1 aliphatic rings. The molecule has 0 atom stereocenters. The molecule has 132 valence electrons. The molecule has 0 aliphatic carbocycles. The molecule has 0 spiro atoms. The van der Waals surface area contributed by atoms with Crippen LogP contribution in [0.3, 0.4) is 0 Å². The van der Waals surface area contributed by atoms with Gasteiger partial charge >= 0.3 is 5.25 Å². The lowest BCUT2D eigenvalue weighted by Gasteiger charge is -2.10. The van der Waals surface area contributed by atoms with Gasteiger partial charge in [0.05, 0.1) is 22.0 Å². The first kappa shape index (κ1) is 17.8. The number of benzene rings is 2. The van der Waals surface area contributed by atoms with Crippen molar-refractivity contribution in [2.24, 2.45) is 0 Å². The van der Waals surface area contributed by atoms with Crippen LogP contribution in [0, 0.1) is 0 Å². The zero-order chi connectivity index (χ0) is 18.4. The summed E-state index contributed by atoms with van der Waals surface area (Å²) in [4.78, 5) is 11.1. The van der Waals surface area contributed by atoms with E-state index in [-0.39, 0.29) is 16.8 Å². The first-order valence-electron chi connectivity index (χ1n) is 6.95. The molecule has 25 heavy (non-hydrogen) atoms. The van der Waals surface area contributed by atoms with Gasteiger partial charge in [-0.2, -0.15) is 8.78 Å². The fraction of sp³-hybridized carbons (Fsp3) is 0.188. The van der Waals surface area contributed by atoms with Crippen LogP contribution >= 0.6 is 15.9 Å². The summed E-state index contributed by atoms with van der Waals surface area (Å²) >= 11 is 3.01. The number of hydrogen-bond acceptors (Lipinski definition) is 5. The Kier molecular flexibility index (Phi) is 4.32. The van der Waals surface area contributed by atoms with Crippen molar-refractivity contribution in [3.05, 3.63) is 52.0 Å². The van der Waals surface area contributed by atoms with Gasteiger partial charge in [0.25, 0.3) is 15.6 Å². The third-order valence-electron chi connectivity index (χ3n) is 3.74. The summed E-state index contributed by atoms with van der Waals surface area (Å²) in [6, 6.07) is 9.16. The van der Waals surface area contributed by atoms with Crippen LogP contribution in [0.5, 0.6) is 11.5 Å². The van der Waals surface area contributed by atoms with Gasteiger partial charge < -0.3 is 9.47 Å². The highest BCUT2D eigenvalue weighted by Gasteiger charge is 2.61. The molecular formula is C16H11BrF2O5S. The predicted octanol–water partition coefficient (Wildman–Crippen LogP) is 3.60. The van der Waals surface area contributed by atoms with Gasteiger partial charge in [0, 0.05) is 0 Å². The second kappa shape index (κ2) is 6.06. The van der Waals surface area contributed by atoms with Gasteiger partial charge in [-0.25, -0.2) is 8.42 Å². The molecule has 0 fully saturated rings. The fourth-order valence-electron chi connectivity index (χ4n) is 2.37. The van der Waals surface area contributed by atoms with Crippen molar-refractivity contribution in [2.45, 2.75) is 16.8 Å². The molecule has 2 aromatic carbocycles. The van der Waals surface area contributed by atoms with Crippen LogP contribution in [-0.2, 0) is 16.4 Å². The summed E-state index contributed by atoms with van der Waals surface area (Å²) in [6.45, 7) is 0.0959. The topological polar surface area (TPSA) is 69.7 Å². The van der Waals surface area contributed by atoms with E-state index in [9.17, 15) is 22.0 Å². The van der Waals surface area contributed by atoms with Gasteiger partial charge in [-0.3, -0.25) is 4.79 Å². The van der Waals surface area contributed by atoms with E-state index >= 15 is 0 Å². The summed E-state index contributed by atoms with van der Waals surface area (Å²) in [5.74, 6) is -0.999. The van der Waals surface area contributed by atoms with Crippen molar-refractivity contribution < 1.29 is 31.5 Å². The summed E-state index contributed by atoms with van der Waals surface area (Å²) in [5.41, 5.74) is 0.190. The zero-order valence-corrected chi connectivity index (χ0v) is 15.2. The maximum Gasteiger partial charge on any atom is 0.411 e. The number of carbonyl (C=O) groups is 1. The van der Waals surface area contributed by atoms with Gasteiger partial charge in [0.15, 0.2) is 0 Å². The molecule has 1 aliphatic heterocycles. The predicted molar refractivity (Wildman–Crippen MR) is 87.9 cm³/mol. The maximum absolute atomic E-state index is 13.7. The SMILES string of the molecule is COc1ccc(COc2ccc3c(c2Br)C(=O)C(F)(F)S3(=O)=O)cc1. The minimum atomic E-state index is -5.03. The van der Waals surface area contributed by atoms with Gasteiger partial charge in [0.2, 0.25) is 0 Å². The number of halogens is 3. The molecule has 0 radical (unpaired) electrons. The smallest absolute Gasteiger partial charge is 0.411 e. The molecule has 0 bridgehead atoms. The molecule has 1 heterocycles. The van der Waals surface area contributed by atoms with Crippen LogP contribution in [-0.4, -0.2) is 26.6 Å². The van der Waals surface area contributed by atoms with Crippen molar-refractivity contribution in [3.63, 3.8) is 0 Å². The van der Waals surface area contributed by atoms with Crippen molar-refractivity contribution >= 4 is 31.6 Å². The summed E-state index contributed by atoms with van der Waals surface area (Å²) in [6.07, 6.45) is 0. The van der Waals surface area contributed by atoms with Crippen LogP contribution < -0.4 is 9.47 Å². The Bertz CT molecular complexity index is 955. The lowest BCUT2D eigenvalue weighted by molar-refractivity contribution is 0.0548. The van der Waals surface area contributed by atoms with E-state index < -0.39 is 31.3 Å². The number of fused-ring (bicyclic) bond motifs is 1. The molecular weight excluding hydrogens is 422 g/mol. The van der Waals surface area contributed by atoms with Gasteiger partial charge in [0.1, 0.15) is 18.1 Å². The fourth-order valence-corrected chi connectivity index (χ4v) is 4.48. The van der Waals surface area contributed by atoms with E-state index in [0.29, 0.717) is 5.75 Å². The standard InChI is InChI=1S/C16H11BrF2O5S/c1-23-10-4-2-9(3-5-10)8-24-11-6-7-12-13(14(11)17)15(20)16(18,19)25(12,21)22/h2-7H,8H2,1H3. The van der Waals surface area contributed by atoms with Crippen molar-refractivity contribution in [2.75, 3.05) is 7.11 Å². The van der Waals surface area contributed by atoms with Crippen molar-refractivity contribution in [1.29, 1.82) is 0 Å². The highest BCUT2D eigenvalue weighted by atomic mass is 79.9. The molecule has 9 heteroatoms. The molecule has 0 unspecified atom stereocenters. The van der Waals surface area contributed by atoms with E-state index in [1.165, 1.54) is 13.2 Å². The summed E-state index contributed by atoms with van der Waals surface area (Å²) in [5, 5.41) is -4.47. The number of rotatable bonds is 4. The Hall–Kier alpha value is -2.00. The minimum Gasteiger partial charge on any atom is -0.497 e. The van der Waals surface area contributed by atoms with E-state index in [1.54, 1.807) is 24.3 Å². The number of hydrogen-bond donors (Lipinski definition) is 0. The van der Waals surface area contributed by atoms with E-state index in [4.69, 9.17) is 9.47 Å². The molecule has 0 saturated carbocycles. The molecule has 0 amide bonds. The normalized spacial score (nSPS) is 17.2. The largest absolute Gasteiger partial charge is 0.497 e. The number of carbonyl (C=O) groups excluding carboxylic acids is 1. The lowest BCUT2D eigenvalue weighted by Crippen LogP contribution is -2.30. The highest BCUT2D eigenvalue weighted by Crippen LogP contribution is 2.46. The first-order chi connectivity index (χ1) is 11.7. The van der Waals surface area contributed by atoms with Crippen LogP contribution in [0.25, 0.3) is 0 Å². The number of Topliss-reactive ketones (excluding diaryl/α,β-unsaturated/α-hetero) is 1. The second-order valence-electron chi connectivity index (χ2n) is 5.24. The van der Waals surface area contributed by atoms with Crippen molar-refractivity contribution in [1.82, 2.24) is 0 Å². The van der Waals surface area contributed by atoms with Gasteiger partial charge in [-0.05, 0) is 45.8 Å². The average Bonchev–Trinajstić information content (AvgIpc) is 2.72. The number of alkyl halides is 2. The Labute approximate surface area is 150 Å². The molecule has 5 nitrogen and oxygen atoms in total. The number of ketones is 1. The lowest BCUT2D eigenvalue weighted by atomic mass is 10.1. The monoisotopic (exact) mass is 432 g/mol. The Morgan fingerprint density at radius 1 is 1.12 bits per heavy atom. The number of methoxy groups -OCH3 is 1. The molecule has 0 N–H and O–H groups in total. The van der Waals surface area contributed by atoms with Crippen LogP contribution in [0.2, 0.25) is 0 Å². The first-order valence-corrected chi connectivity index (χ1v) is 9.23. The molecule has 3 rings (SSSR count).